The van der Waals surface area contributed by atoms with Crippen LogP contribution in [0, 0.1) is 17.5 Å². The number of halogens is 4. The zero-order chi connectivity index (χ0) is 14.9. The lowest BCUT2D eigenvalue weighted by atomic mass is 10.1. The molecule has 0 unspecified atom stereocenters. The normalized spacial score (nSPS) is 10.4. The fourth-order valence-corrected chi connectivity index (χ4v) is 1.73. The summed E-state index contributed by atoms with van der Waals surface area (Å²) in [6, 6.07) is 5.25. The number of amides is 1. The molecular formula is C13H8ClF3N2O. The summed E-state index contributed by atoms with van der Waals surface area (Å²) in [7, 11) is 0. The van der Waals surface area contributed by atoms with E-state index < -0.39 is 28.9 Å². The lowest BCUT2D eigenvalue weighted by Crippen LogP contribution is -2.17. The first-order chi connectivity index (χ1) is 9.40. The summed E-state index contributed by atoms with van der Waals surface area (Å²) >= 11 is 5.65. The molecule has 20 heavy (non-hydrogen) atoms. The van der Waals surface area contributed by atoms with Gasteiger partial charge in [0.05, 0.1) is 11.4 Å². The molecule has 7 heteroatoms. The minimum absolute atomic E-state index is 0.162. The van der Waals surface area contributed by atoms with Gasteiger partial charge in [-0.3, -0.25) is 4.79 Å². The molecule has 3 nitrogen and oxygen atoms in total. The van der Waals surface area contributed by atoms with Gasteiger partial charge in [-0.1, -0.05) is 11.6 Å². The number of hydrogen-bond donors (Lipinski definition) is 2. The average molecular weight is 301 g/mol. The van der Waals surface area contributed by atoms with Crippen molar-refractivity contribution < 1.29 is 18.0 Å². The van der Waals surface area contributed by atoms with Gasteiger partial charge in [0.1, 0.15) is 17.2 Å². The highest BCUT2D eigenvalue weighted by Gasteiger charge is 2.20. The first-order valence-corrected chi connectivity index (χ1v) is 5.78. The van der Waals surface area contributed by atoms with Crippen LogP contribution in [0.15, 0.2) is 30.3 Å². The summed E-state index contributed by atoms with van der Waals surface area (Å²) < 4.78 is 40.6. The van der Waals surface area contributed by atoms with Crippen LogP contribution in [0.3, 0.4) is 0 Å². The Hall–Kier alpha value is -2.21. The topological polar surface area (TPSA) is 55.1 Å². The van der Waals surface area contributed by atoms with E-state index in [0.29, 0.717) is 0 Å². The standard InChI is InChI=1S/C13H8ClF3N2O/c14-6-1-2-7(15)10(5-6)19-13(20)11-8(16)3-4-9(18)12(11)17/h1-5H,18H2,(H,19,20). The number of nitrogens with two attached hydrogens (primary N) is 1. The maximum Gasteiger partial charge on any atom is 0.261 e. The van der Waals surface area contributed by atoms with E-state index >= 15 is 0 Å². The van der Waals surface area contributed by atoms with Gasteiger partial charge in [-0.25, -0.2) is 13.2 Å². The van der Waals surface area contributed by atoms with Crippen LogP contribution < -0.4 is 11.1 Å². The Morgan fingerprint density at radius 2 is 1.75 bits per heavy atom. The van der Waals surface area contributed by atoms with E-state index in [-0.39, 0.29) is 16.4 Å². The molecule has 0 aliphatic carbocycles. The molecule has 0 saturated carbocycles. The Balaban J connectivity index is 2.38. The first kappa shape index (κ1) is 14.2. The highest BCUT2D eigenvalue weighted by molar-refractivity contribution is 6.31. The van der Waals surface area contributed by atoms with Crippen LogP contribution in [0.2, 0.25) is 5.02 Å². The third-order valence-electron chi connectivity index (χ3n) is 2.52. The molecule has 0 aliphatic rings. The second kappa shape index (κ2) is 5.42. The number of benzene rings is 2. The Morgan fingerprint density at radius 1 is 1.10 bits per heavy atom. The number of carbonyl (C=O) groups excluding carboxylic acids is 1. The van der Waals surface area contributed by atoms with Gasteiger partial charge in [0.2, 0.25) is 0 Å². The summed E-state index contributed by atoms with van der Waals surface area (Å²) in [6.45, 7) is 0. The van der Waals surface area contributed by atoms with Crippen LogP contribution in [0.25, 0.3) is 0 Å². The Bertz CT molecular complexity index is 692. The summed E-state index contributed by atoms with van der Waals surface area (Å²) in [6.07, 6.45) is 0. The highest BCUT2D eigenvalue weighted by atomic mass is 35.5. The molecule has 2 rings (SSSR count). The molecule has 2 aromatic rings. The van der Waals surface area contributed by atoms with Crippen molar-refractivity contribution in [3.8, 4) is 0 Å². The van der Waals surface area contributed by atoms with E-state index in [1.165, 1.54) is 6.07 Å². The summed E-state index contributed by atoms with van der Waals surface area (Å²) in [5.74, 6) is -4.25. The molecule has 0 bridgehead atoms. The number of carbonyl (C=O) groups is 1. The van der Waals surface area contributed by atoms with Crippen molar-refractivity contribution in [3.05, 3.63) is 58.4 Å². The fourth-order valence-electron chi connectivity index (χ4n) is 1.55. The maximum atomic E-state index is 13.6. The van der Waals surface area contributed by atoms with E-state index in [0.717, 1.165) is 24.3 Å². The smallest absolute Gasteiger partial charge is 0.261 e. The number of hydrogen-bond acceptors (Lipinski definition) is 2. The van der Waals surface area contributed by atoms with Crippen LogP contribution in [0.4, 0.5) is 24.5 Å². The molecule has 0 saturated heterocycles. The minimum Gasteiger partial charge on any atom is -0.396 e. The number of anilines is 2. The van der Waals surface area contributed by atoms with Crippen LogP contribution in [0.1, 0.15) is 10.4 Å². The number of nitrogen functional groups attached to an aromatic ring is 1. The second-order valence-corrected chi connectivity index (χ2v) is 4.34. The maximum absolute atomic E-state index is 13.6. The van der Waals surface area contributed by atoms with Crippen LogP contribution in [0.5, 0.6) is 0 Å². The van der Waals surface area contributed by atoms with Gasteiger partial charge in [-0.05, 0) is 30.3 Å². The van der Waals surface area contributed by atoms with E-state index in [4.69, 9.17) is 17.3 Å². The van der Waals surface area contributed by atoms with Crippen molar-refractivity contribution in [2.24, 2.45) is 0 Å². The summed E-state index contributed by atoms with van der Waals surface area (Å²) in [5.41, 5.74) is 3.70. The predicted molar refractivity (Wildman–Crippen MR) is 70.1 cm³/mol. The first-order valence-electron chi connectivity index (χ1n) is 5.40. The zero-order valence-corrected chi connectivity index (χ0v) is 10.6. The average Bonchev–Trinajstić information content (AvgIpc) is 2.39. The van der Waals surface area contributed by atoms with Crippen molar-refractivity contribution in [1.82, 2.24) is 0 Å². The molecule has 104 valence electrons. The van der Waals surface area contributed by atoms with Crippen molar-refractivity contribution in [3.63, 3.8) is 0 Å². The Morgan fingerprint density at radius 3 is 2.45 bits per heavy atom. The molecule has 3 N–H and O–H groups in total. The minimum atomic E-state index is -1.20. The molecule has 0 radical (unpaired) electrons. The Kier molecular flexibility index (Phi) is 3.85. The largest absolute Gasteiger partial charge is 0.396 e. The quantitative estimate of drug-likeness (QED) is 0.833. The van der Waals surface area contributed by atoms with E-state index in [1.54, 1.807) is 0 Å². The third kappa shape index (κ3) is 2.70. The lowest BCUT2D eigenvalue weighted by molar-refractivity contribution is 0.101. The fraction of sp³-hybridized carbons (Fsp3) is 0. The summed E-state index contributed by atoms with van der Waals surface area (Å²) in [5, 5.41) is 2.20. The molecule has 0 aliphatic heterocycles. The lowest BCUT2D eigenvalue weighted by Gasteiger charge is -2.09. The van der Waals surface area contributed by atoms with Gasteiger partial charge >= 0.3 is 0 Å². The molecule has 0 heterocycles. The van der Waals surface area contributed by atoms with E-state index in [9.17, 15) is 18.0 Å². The molecule has 0 fully saturated rings. The van der Waals surface area contributed by atoms with Crippen LogP contribution >= 0.6 is 11.6 Å². The van der Waals surface area contributed by atoms with Crippen molar-refractivity contribution in [2.45, 2.75) is 0 Å². The van der Waals surface area contributed by atoms with Gasteiger partial charge in [-0.15, -0.1) is 0 Å². The van der Waals surface area contributed by atoms with Crippen molar-refractivity contribution in [2.75, 3.05) is 11.1 Å². The monoisotopic (exact) mass is 300 g/mol. The van der Waals surface area contributed by atoms with Gasteiger partial charge in [-0.2, -0.15) is 0 Å². The molecule has 0 aromatic heterocycles. The predicted octanol–water partition coefficient (Wildman–Crippen LogP) is 3.59. The van der Waals surface area contributed by atoms with E-state index in [2.05, 4.69) is 0 Å². The number of rotatable bonds is 2. The van der Waals surface area contributed by atoms with Crippen LogP contribution in [-0.4, -0.2) is 5.91 Å². The van der Waals surface area contributed by atoms with Gasteiger partial charge in [0.15, 0.2) is 5.82 Å². The molecule has 0 spiro atoms. The SMILES string of the molecule is Nc1ccc(F)c(C(=O)Nc2cc(Cl)ccc2F)c1F. The molecule has 0 atom stereocenters. The van der Waals surface area contributed by atoms with Gasteiger partial charge < -0.3 is 11.1 Å². The van der Waals surface area contributed by atoms with E-state index in [1.807, 2.05) is 5.32 Å². The van der Waals surface area contributed by atoms with Crippen molar-refractivity contribution in [1.29, 1.82) is 0 Å². The second-order valence-electron chi connectivity index (χ2n) is 3.90. The van der Waals surface area contributed by atoms with Gasteiger partial charge in [0.25, 0.3) is 5.91 Å². The third-order valence-corrected chi connectivity index (χ3v) is 2.76. The highest BCUT2D eigenvalue weighted by Crippen LogP contribution is 2.23. The molecule has 1 amide bonds. The number of nitrogens with one attached hydrogen (secondary N) is 1. The Labute approximate surface area is 117 Å². The molecular weight excluding hydrogens is 293 g/mol. The van der Waals surface area contributed by atoms with Crippen LogP contribution in [-0.2, 0) is 0 Å². The van der Waals surface area contributed by atoms with Crippen molar-refractivity contribution >= 4 is 28.9 Å². The summed E-state index contributed by atoms with van der Waals surface area (Å²) in [4.78, 5) is 11.8. The molecule has 2 aromatic carbocycles. The zero-order valence-electron chi connectivity index (χ0n) is 9.88. The van der Waals surface area contributed by atoms with Gasteiger partial charge in [0, 0.05) is 5.02 Å².